The smallest absolute Gasteiger partial charge is 0.281 e. The van der Waals surface area contributed by atoms with E-state index in [0.29, 0.717) is 58.9 Å². The van der Waals surface area contributed by atoms with Crippen LogP contribution in [0.15, 0.2) is 53.3 Å². The molecule has 0 unspecified atom stereocenters. The summed E-state index contributed by atoms with van der Waals surface area (Å²) in [5, 5.41) is 3.71. The van der Waals surface area contributed by atoms with Gasteiger partial charge in [0.05, 0.1) is 20.8 Å². The second-order valence-corrected chi connectivity index (χ2v) is 10.1. The average Bonchev–Trinajstić information content (AvgIpc) is 3.61. The third-order valence-electron chi connectivity index (χ3n) is 6.84. The fraction of sp³-hybridized carbons (Fsp3) is 0.357. The molecule has 5 rings (SSSR count). The van der Waals surface area contributed by atoms with E-state index in [9.17, 15) is 9.59 Å². The molecular weight excluding hydrogens is 502 g/mol. The molecular formula is C28H31N5O4S. The standard InChI is InChI=1S/C28H31N5O4S/c1-4-23-30-26-24(27(35)33(23)17-19-12-13-20(36-2)15-22(19)37-3)31-28(38-26)32-14-8-11-21(32)25(34)29-16-18-9-6-5-7-10-18/h5-7,9-10,12-13,15,21H,4,8,11,14,16-17H2,1-3H3,(H,29,34)/t21-/m1/s1. The number of carbonyl (C=O) groups is 1. The number of amides is 1. The highest BCUT2D eigenvalue weighted by atomic mass is 32.1. The molecule has 0 saturated carbocycles. The lowest BCUT2D eigenvalue weighted by Crippen LogP contribution is -2.43. The number of hydrogen-bond donors (Lipinski definition) is 1. The number of ether oxygens (including phenoxy) is 2. The van der Waals surface area contributed by atoms with Crippen molar-refractivity contribution in [3.63, 3.8) is 0 Å². The summed E-state index contributed by atoms with van der Waals surface area (Å²) in [7, 11) is 3.20. The lowest BCUT2D eigenvalue weighted by atomic mass is 10.2. The molecule has 9 nitrogen and oxygen atoms in total. The number of rotatable bonds is 9. The van der Waals surface area contributed by atoms with Gasteiger partial charge in [-0.2, -0.15) is 0 Å². The summed E-state index contributed by atoms with van der Waals surface area (Å²) in [4.78, 5) is 38.8. The number of hydrogen-bond acceptors (Lipinski definition) is 8. The molecule has 1 saturated heterocycles. The summed E-state index contributed by atoms with van der Waals surface area (Å²) in [5.74, 6) is 1.96. The van der Waals surface area contributed by atoms with Crippen molar-refractivity contribution in [2.24, 2.45) is 0 Å². The van der Waals surface area contributed by atoms with Crippen LogP contribution >= 0.6 is 11.3 Å². The Kier molecular flexibility index (Phi) is 7.59. The Balaban J connectivity index is 1.43. The van der Waals surface area contributed by atoms with Crippen LogP contribution in [-0.2, 0) is 24.3 Å². The van der Waals surface area contributed by atoms with Crippen molar-refractivity contribution in [1.29, 1.82) is 0 Å². The van der Waals surface area contributed by atoms with Crippen molar-refractivity contribution in [2.75, 3.05) is 25.7 Å². The summed E-state index contributed by atoms with van der Waals surface area (Å²) in [5.41, 5.74) is 2.02. The zero-order valence-electron chi connectivity index (χ0n) is 21.8. The monoisotopic (exact) mass is 533 g/mol. The number of aryl methyl sites for hydroxylation is 1. The minimum Gasteiger partial charge on any atom is -0.497 e. The van der Waals surface area contributed by atoms with Crippen LogP contribution in [0.25, 0.3) is 10.3 Å². The van der Waals surface area contributed by atoms with E-state index in [-0.39, 0.29) is 17.5 Å². The van der Waals surface area contributed by atoms with Gasteiger partial charge in [-0.15, -0.1) is 0 Å². The third-order valence-corrected chi connectivity index (χ3v) is 7.82. The van der Waals surface area contributed by atoms with Gasteiger partial charge in [0.2, 0.25) is 5.91 Å². The number of thiazole rings is 1. The molecule has 2 aromatic heterocycles. The molecule has 38 heavy (non-hydrogen) atoms. The largest absolute Gasteiger partial charge is 0.497 e. The number of aromatic nitrogens is 3. The van der Waals surface area contributed by atoms with Gasteiger partial charge >= 0.3 is 0 Å². The van der Waals surface area contributed by atoms with E-state index in [1.54, 1.807) is 24.9 Å². The van der Waals surface area contributed by atoms with Gasteiger partial charge in [0.15, 0.2) is 15.5 Å². The lowest BCUT2D eigenvalue weighted by molar-refractivity contribution is -0.122. The van der Waals surface area contributed by atoms with Crippen LogP contribution in [0.3, 0.4) is 0 Å². The van der Waals surface area contributed by atoms with Crippen LogP contribution in [-0.4, -0.2) is 47.2 Å². The fourth-order valence-electron chi connectivity index (χ4n) is 4.82. The first-order valence-corrected chi connectivity index (χ1v) is 13.5. The number of fused-ring (bicyclic) bond motifs is 1. The van der Waals surface area contributed by atoms with Crippen molar-refractivity contribution in [2.45, 2.75) is 45.3 Å². The van der Waals surface area contributed by atoms with Crippen LogP contribution in [0.4, 0.5) is 5.13 Å². The van der Waals surface area contributed by atoms with Crippen molar-refractivity contribution < 1.29 is 14.3 Å². The number of nitrogens with one attached hydrogen (secondary N) is 1. The second kappa shape index (κ2) is 11.2. The fourth-order valence-corrected chi connectivity index (χ4v) is 5.84. The van der Waals surface area contributed by atoms with E-state index < -0.39 is 0 Å². The Labute approximate surface area is 225 Å². The minimum absolute atomic E-state index is 0.0307. The Morgan fingerprint density at radius 2 is 1.95 bits per heavy atom. The molecule has 4 aromatic rings. The molecule has 1 aliphatic heterocycles. The van der Waals surface area contributed by atoms with Gasteiger partial charge in [-0.3, -0.25) is 14.2 Å². The molecule has 0 bridgehead atoms. The van der Waals surface area contributed by atoms with E-state index in [4.69, 9.17) is 19.4 Å². The van der Waals surface area contributed by atoms with Crippen molar-refractivity contribution in [3.05, 3.63) is 75.8 Å². The van der Waals surface area contributed by atoms with Gasteiger partial charge in [0, 0.05) is 31.1 Å². The molecule has 10 heteroatoms. The van der Waals surface area contributed by atoms with Gasteiger partial charge in [0.1, 0.15) is 23.4 Å². The van der Waals surface area contributed by atoms with E-state index in [2.05, 4.69) is 5.32 Å². The van der Waals surface area contributed by atoms with E-state index >= 15 is 0 Å². The maximum Gasteiger partial charge on any atom is 0.281 e. The van der Waals surface area contributed by atoms with Gasteiger partial charge in [0.25, 0.3) is 5.56 Å². The van der Waals surface area contributed by atoms with Gasteiger partial charge in [-0.05, 0) is 30.5 Å². The van der Waals surface area contributed by atoms with Gasteiger partial charge in [-0.1, -0.05) is 48.6 Å². The molecule has 0 spiro atoms. The first-order valence-electron chi connectivity index (χ1n) is 12.7. The maximum absolute atomic E-state index is 13.6. The van der Waals surface area contributed by atoms with E-state index in [1.165, 1.54) is 11.3 Å². The van der Waals surface area contributed by atoms with E-state index in [0.717, 1.165) is 24.0 Å². The van der Waals surface area contributed by atoms with Crippen LogP contribution in [0.2, 0.25) is 0 Å². The number of anilines is 1. The molecule has 1 N–H and O–H groups in total. The van der Waals surface area contributed by atoms with Gasteiger partial charge in [-0.25, -0.2) is 9.97 Å². The molecule has 1 atom stereocenters. The predicted octanol–water partition coefficient (Wildman–Crippen LogP) is 3.77. The third kappa shape index (κ3) is 5.08. The van der Waals surface area contributed by atoms with Crippen LogP contribution in [0.1, 0.15) is 36.7 Å². The molecule has 1 amide bonds. The van der Waals surface area contributed by atoms with Crippen LogP contribution < -0.4 is 25.2 Å². The summed E-state index contributed by atoms with van der Waals surface area (Å²) in [6, 6.07) is 15.1. The molecule has 198 valence electrons. The van der Waals surface area contributed by atoms with Crippen LogP contribution in [0, 0.1) is 0 Å². The zero-order valence-corrected chi connectivity index (χ0v) is 22.6. The van der Waals surface area contributed by atoms with E-state index in [1.807, 2.05) is 54.3 Å². The maximum atomic E-state index is 13.6. The highest BCUT2D eigenvalue weighted by Crippen LogP contribution is 2.32. The molecule has 1 fully saturated rings. The van der Waals surface area contributed by atoms with Crippen molar-refractivity contribution in [3.8, 4) is 11.5 Å². The average molecular weight is 534 g/mol. The Hall–Kier alpha value is -3.92. The first kappa shape index (κ1) is 25.7. The molecule has 0 radical (unpaired) electrons. The SMILES string of the molecule is CCc1nc2sc(N3CCC[C@@H]3C(=O)NCc3ccccc3)nc2c(=O)n1Cc1ccc(OC)cc1OC. The Morgan fingerprint density at radius 1 is 1.13 bits per heavy atom. The van der Waals surface area contributed by atoms with Crippen molar-refractivity contribution >= 4 is 32.7 Å². The number of nitrogens with zero attached hydrogens (tertiary/aromatic N) is 4. The van der Waals surface area contributed by atoms with Crippen LogP contribution in [0.5, 0.6) is 11.5 Å². The zero-order chi connectivity index (χ0) is 26.6. The van der Waals surface area contributed by atoms with Crippen molar-refractivity contribution in [1.82, 2.24) is 19.9 Å². The number of carbonyl (C=O) groups excluding carboxylic acids is 1. The Bertz CT molecular complexity index is 1500. The predicted molar refractivity (Wildman–Crippen MR) is 148 cm³/mol. The molecule has 1 aliphatic rings. The second-order valence-electron chi connectivity index (χ2n) is 9.16. The molecule has 3 heterocycles. The summed E-state index contributed by atoms with van der Waals surface area (Å²) in [6.45, 7) is 3.47. The topological polar surface area (TPSA) is 98.6 Å². The summed E-state index contributed by atoms with van der Waals surface area (Å²) in [6.07, 6.45) is 2.21. The normalized spacial score (nSPS) is 15.1. The minimum atomic E-state index is -0.323. The lowest BCUT2D eigenvalue weighted by Gasteiger charge is -2.23. The highest BCUT2D eigenvalue weighted by molar-refractivity contribution is 7.21. The summed E-state index contributed by atoms with van der Waals surface area (Å²) >= 11 is 1.37. The number of benzene rings is 2. The quantitative estimate of drug-likeness (QED) is 0.350. The first-order chi connectivity index (χ1) is 18.5. The van der Waals surface area contributed by atoms with Gasteiger partial charge < -0.3 is 19.7 Å². The number of methoxy groups -OCH3 is 2. The highest BCUT2D eigenvalue weighted by Gasteiger charge is 2.33. The molecule has 2 aromatic carbocycles. The summed E-state index contributed by atoms with van der Waals surface area (Å²) < 4.78 is 12.5. The Morgan fingerprint density at radius 3 is 2.68 bits per heavy atom. The molecule has 0 aliphatic carbocycles.